The van der Waals surface area contributed by atoms with Crippen molar-refractivity contribution in [1.29, 1.82) is 0 Å². The summed E-state index contributed by atoms with van der Waals surface area (Å²) in [6.45, 7) is 1.81. The number of rotatable bonds is 8. The van der Waals surface area contributed by atoms with Gasteiger partial charge in [0.15, 0.2) is 0 Å². The zero-order chi connectivity index (χ0) is 19.6. The predicted molar refractivity (Wildman–Crippen MR) is 106 cm³/mol. The number of benzene rings is 1. The molecule has 1 aromatic carbocycles. The van der Waals surface area contributed by atoms with Gasteiger partial charge in [0.1, 0.15) is 10.8 Å². The molecule has 0 spiro atoms. The highest BCUT2D eigenvalue weighted by Crippen LogP contribution is 2.25. The highest BCUT2D eigenvalue weighted by molar-refractivity contribution is 7.99. The molecule has 27 heavy (non-hydrogen) atoms. The summed E-state index contributed by atoms with van der Waals surface area (Å²) >= 11 is 2.77. The molecule has 0 atom stereocenters. The van der Waals surface area contributed by atoms with E-state index in [9.17, 15) is 14.4 Å². The van der Waals surface area contributed by atoms with E-state index >= 15 is 0 Å². The molecule has 2 aromatic rings. The van der Waals surface area contributed by atoms with Crippen LogP contribution in [0.4, 0.5) is 9.80 Å². The van der Waals surface area contributed by atoms with Crippen molar-refractivity contribution in [3.8, 4) is 5.75 Å². The molecule has 1 heterocycles. The molecule has 9 heteroatoms. The van der Waals surface area contributed by atoms with E-state index in [1.807, 2.05) is 24.3 Å². The predicted octanol–water partition coefficient (Wildman–Crippen LogP) is 3.76. The summed E-state index contributed by atoms with van der Waals surface area (Å²) in [5.41, 5.74) is 0.226. The van der Waals surface area contributed by atoms with Gasteiger partial charge in [0.25, 0.3) is 5.91 Å². The number of carbonyl (C=O) groups excluding carboxylic acids is 3. The summed E-state index contributed by atoms with van der Waals surface area (Å²) < 4.78 is 9.78. The van der Waals surface area contributed by atoms with Crippen LogP contribution in [0.25, 0.3) is 0 Å². The highest BCUT2D eigenvalue weighted by atomic mass is 32.2. The Labute approximate surface area is 165 Å². The lowest BCUT2D eigenvalue weighted by atomic mass is 10.3. The summed E-state index contributed by atoms with van der Waals surface area (Å²) in [5, 5.41) is 6.89. The maximum absolute atomic E-state index is 12.1. The number of alkyl carbamates (subject to hydrolysis) is 1. The van der Waals surface area contributed by atoms with Gasteiger partial charge in [0.2, 0.25) is 5.91 Å². The topological polar surface area (TPSA) is 93.7 Å². The van der Waals surface area contributed by atoms with Gasteiger partial charge in [0, 0.05) is 17.1 Å². The molecule has 0 saturated heterocycles. The van der Waals surface area contributed by atoms with Crippen molar-refractivity contribution in [1.82, 2.24) is 5.32 Å². The number of thiophene rings is 1. The van der Waals surface area contributed by atoms with E-state index in [2.05, 4.69) is 15.4 Å². The maximum atomic E-state index is 12.1. The summed E-state index contributed by atoms with van der Waals surface area (Å²) in [4.78, 5) is 36.6. The van der Waals surface area contributed by atoms with Crippen LogP contribution in [0.5, 0.6) is 5.75 Å². The van der Waals surface area contributed by atoms with E-state index in [0.29, 0.717) is 10.8 Å². The Bertz CT molecular complexity index is 789. The summed E-state index contributed by atoms with van der Waals surface area (Å²) in [6.07, 6.45) is -0.532. The molecule has 0 aliphatic heterocycles. The van der Waals surface area contributed by atoms with Crippen molar-refractivity contribution in [2.24, 2.45) is 0 Å². The Hall–Kier alpha value is -2.52. The smallest absolute Gasteiger partial charge is 0.414 e. The monoisotopic (exact) mass is 408 g/mol. The summed E-state index contributed by atoms with van der Waals surface area (Å²) in [5.74, 6) is 0.554. The summed E-state index contributed by atoms with van der Waals surface area (Å²) in [6, 6.07) is 9.13. The minimum Gasteiger partial charge on any atom is -0.497 e. The molecule has 0 saturated carbocycles. The van der Waals surface area contributed by atoms with Crippen molar-refractivity contribution in [2.45, 2.75) is 18.2 Å². The van der Waals surface area contributed by atoms with Crippen LogP contribution in [0, 0.1) is 0 Å². The fraction of sp³-hybridized carbons (Fsp3) is 0.278. The first kappa shape index (κ1) is 20.8. The third-order valence-electron chi connectivity index (χ3n) is 3.31. The van der Waals surface area contributed by atoms with Crippen LogP contribution in [0.15, 0.2) is 40.6 Å². The Morgan fingerprint density at radius 3 is 2.56 bits per heavy atom. The van der Waals surface area contributed by atoms with E-state index in [-0.39, 0.29) is 24.5 Å². The fourth-order valence-corrected chi connectivity index (χ4v) is 3.69. The number of hydrogen-bond acceptors (Lipinski definition) is 7. The number of amides is 3. The third-order valence-corrected chi connectivity index (χ3v) is 5.15. The summed E-state index contributed by atoms with van der Waals surface area (Å²) in [7, 11) is 1.61. The minimum absolute atomic E-state index is 0.165. The molecule has 1 aromatic heterocycles. The Balaban J connectivity index is 1.82. The molecule has 0 aliphatic carbocycles. The van der Waals surface area contributed by atoms with Gasteiger partial charge in [-0.1, -0.05) is 0 Å². The second kappa shape index (κ2) is 10.6. The van der Waals surface area contributed by atoms with Crippen molar-refractivity contribution < 1.29 is 23.9 Å². The van der Waals surface area contributed by atoms with E-state index in [1.165, 1.54) is 11.3 Å². The number of carbonyl (C=O) groups is 3. The van der Waals surface area contributed by atoms with Crippen LogP contribution in [-0.2, 0) is 9.53 Å². The van der Waals surface area contributed by atoms with Crippen molar-refractivity contribution >= 4 is 46.0 Å². The van der Waals surface area contributed by atoms with E-state index in [0.717, 1.165) is 10.6 Å². The first-order valence-electron chi connectivity index (χ1n) is 8.15. The van der Waals surface area contributed by atoms with Crippen LogP contribution in [-0.4, -0.2) is 37.4 Å². The van der Waals surface area contributed by atoms with Crippen LogP contribution in [0.2, 0.25) is 0 Å². The van der Waals surface area contributed by atoms with Crippen LogP contribution in [0.1, 0.15) is 23.7 Å². The zero-order valence-corrected chi connectivity index (χ0v) is 16.6. The van der Waals surface area contributed by atoms with E-state index in [1.54, 1.807) is 37.2 Å². The van der Waals surface area contributed by atoms with Crippen molar-refractivity contribution in [2.75, 3.05) is 24.8 Å². The van der Waals surface area contributed by atoms with Crippen molar-refractivity contribution in [3.05, 3.63) is 41.3 Å². The lowest BCUT2D eigenvalue weighted by Gasteiger charge is -2.07. The number of hydrogen-bond donors (Lipinski definition) is 2. The number of nitrogens with one attached hydrogen (secondary N) is 2. The SMILES string of the molecule is CCOC(=O)NC(=O)c1ccsc1NC(=O)CCSc1ccc(OC)cc1. The van der Waals surface area contributed by atoms with Gasteiger partial charge in [-0.25, -0.2) is 4.79 Å². The van der Waals surface area contributed by atoms with Gasteiger partial charge in [0.05, 0.1) is 19.3 Å². The van der Waals surface area contributed by atoms with Gasteiger partial charge >= 0.3 is 6.09 Å². The highest BCUT2D eigenvalue weighted by Gasteiger charge is 2.17. The number of anilines is 1. The lowest BCUT2D eigenvalue weighted by Crippen LogP contribution is -2.31. The number of imide groups is 1. The van der Waals surface area contributed by atoms with Crippen LogP contribution >= 0.6 is 23.1 Å². The molecule has 144 valence electrons. The lowest BCUT2D eigenvalue weighted by molar-refractivity contribution is -0.115. The van der Waals surface area contributed by atoms with Gasteiger partial charge in [-0.3, -0.25) is 14.9 Å². The first-order chi connectivity index (χ1) is 13.0. The number of methoxy groups -OCH3 is 1. The molecule has 0 bridgehead atoms. The van der Waals surface area contributed by atoms with Gasteiger partial charge in [-0.2, -0.15) is 0 Å². The first-order valence-corrected chi connectivity index (χ1v) is 10.0. The molecule has 0 radical (unpaired) electrons. The van der Waals surface area contributed by atoms with Crippen LogP contribution in [0.3, 0.4) is 0 Å². The molecule has 3 amide bonds. The Morgan fingerprint density at radius 2 is 1.89 bits per heavy atom. The molecule has 7 nitrogen and oxygen atoms in total. The van der Waals surface area contributed by atoms with Gasteiger partial charge < -0.3 is 14.8 Å². The molecule has 0 unspecified atom stereocenters. The van der Waals surface area contributed by atoms with Crippen LogP contribution < -0.4 is 15.4 Å². The van der Waals surface area contributed by atoms with Gasteiger partial charge in [-0.05, 0) is 42.6 Å². The molecule has 2 N–H and O–H groups in total. The molecular formula is C18H20N2O5S2. The number of ether oxygens (including phenoxy) is 2. The molecule has 0 aliphatic rings. The fourth-order valence-electron chi connectivity index (χ4n) is 2.03. The quantitative estimate of drug-likeness (QED) is 0.646. The number of thioether (sulfide) groups is 1. The average molecular weight is 409 g/mol. The standard InChI is InChI=1S/C18H20N2O5S2/c1-3-25-18(23)20-16(22)14-8-10-27-17(14)19-15(21)9-11-26-13-6-4-12(24-2)5-7-13/h4-8,10H,3,9,11H2,1-2H3,(H,19,21)(H,20,22,23). The maximum Gasteiger partial charge on any atom is 0.414 e. The second-order valence-electron chi connectivity index (χ2n) is 5.16. The van der Waals surface area contributed by atoms with Gasteiger partial charge in [-0.15, -0.1) is 23.1 Å². The Morgan fingerprint density at radius 1 is 1.15 bits per heavy atom. The zero-order valence-electron chi connectivity index (χ0n) is 14.9. The largest absolute Gasteiger partial charge is 0.497 e. The second-order valence-corrected chi connectivity index (χ2v) is 7.24. The van der Waals surface area contributed by atoms with E-state index in [4.69, 9.17) is 4.74 Å². The minimum atomic E-state index is -0.818. The third kappa shape index (κ3) is 6.61. The van der Waals surface area contributed by atoms with Crippen molar-refractivity contribution in [3.63, 3.8) is 0 Å². The Kier molecular flexibility index (Phi) is 8.15. The normalized spacial score (nSPS) is 10.1. The van der Waals surface area contributed by atoms with E-state index < -0.39 is 12.0 Å². The molecule has 2 rings (SSSR count). The molecule has 0 fully saturated rings. The molecular weight excluding hydrogens is 388 g/mol. The average Bonchev–Trinajstić information content (AvgIpc) is 3.10.